The fourth-order valence-electron chi connectivity index (χ4n) is 1.31. The predicted molar refractivity (Wildman–Crippen MR) is 64.2 cm³/mol. The lowest BCUT2D eigenvalue weighted by atomic mass is 10.1. The molecule has 5 N–H and O–H groups in total. The van der Waals surface area contributed by atoms with Gasteiger partial charge in [0.25, 0.3) is 5.91 Å². The third-order valence-corrected chi connectivity index (χ3v) is 2.12. The van der Waals surface area contributed by atoms with Crippen molar-refractivity contribution in [2.75, 3.05) is 11.9 Å². The number of carbonyl (C=O) groups excluding carboxylic acids is 1. The van der Waals surface area contributed by atoms with Crippen molar-refractivity contribution in [3.63, 3.8) is 0 Å². The summed E-state index contributed by atoms with van der Waals surface area (Å²) in [4.78, 5) is 15.4. The van der Waals surface area contributed by atoms with Crippen LogP contribution in [0.25, 0.3) is 0 Å². The Kier molecular flexibility index (Phi) is 3.49. The van der Waals surface area contributed by atoms with Gasteiger partial charge in [0.1, 0.15) is 5.82 Å². The Bertz CT molecular complexity index is 395. The molecule has 0 aromatic carbocycles. The van der Waals surface area contributed by atoms with E-state index >= 15 is 0 Å². The zero-order valence-corrected chi connectivity index (χ0v) is 9.87. The van der Waals surface area contributed by atoms with Crippen LogP contribution in [0.15, 0.2) is 12.3 Å². The van der Waals surface area contributed by atoms with Gasteiger partial charge >= 0.3 is 0 Å². The molecule has 0 unspecified atom stereocenters. The number of nitrogens with one attached hydrogen (secondary N) is 1. The predicted octanol–water partition coefficient (Wildman–Crippen LogP) is 0.638. The Morgan fingerprint density at radius 1 is 1.56 bits per heavy atom. The minimum absolute atomic E-state index is 0.375. The standard InChI is InChI=1S/C11H18N4O/c1-7-4-5-14-10(8(7)9(12)16)15-6-11(2,3)13/h4-5H,6,13H2,1-3H3,(H2,12,16)(H,14,15). The summed E-state index contributed by atoms with van der Waals surface area (Å²) in [5.41, 5.74) is 12.0. The lowest BCUT2D eigenvalue weighted by Gasteiger charge is -2.20. The van der Waals surface area contributed by atoms with E-state index in [4.69, 9.17) is 11.5 Å². The first-order valence-corrected chi connectivity index (χ1v) is 5.09. The molecule has 5 nitrogen and oxygen atoms in total. The Hall–Kier alpha value is -1.62. The largest absolute Gasteiger partial charge is 0.368 e. The molecule has 1 amide bonds. The van der Waals surface area contributed by atoms with E-state index in [-0.39, 0.29) is 5.54 Å². The molecule has 0 atom stereocenters. The first-order chi connectivity index (χ1) is 7.31. The van der Waals surface area contributed by atoms with Gasteiger partial charge in [0.15, 0.2) is 0 Å². The summed E-state index contributed by atoms with van der Waals surface area (Å²) in [6.45, 7) is 6.11. The van der Waals surface area contributed by atoms with Gasteiger partial charge in [0.2, 0.25) is 0 Å². The fourth-order valence-corrected chi connectivity index (χ4v) is 1.31. The molecule has 0 spiro atoms. The minimum Gasteiger partial charge on any atom is -0.368 e. The number of anilines is 1. The van der Waals surface area contributed by atoms with Crippen LogP contribution >= 0.6 is 0 Å². The van der Waals surface area contributed by atoms with Crippen LogP contribution in [0.1, 0.15) is 29.8 Å². The van der Waals surface area contributed by atoms with E-state index in [1.165, 1.54) is 0 Å². The molecule has 0 aliphatic heterocycles. The maximum absolute atomic E-state index is 11.3. The molecule has 0 fully saturated rings. The molecule has 0 bridgehead atoms. The zero-order valence-electron chi connectivity index (χ0n) is 9.87. The molecule has 0 saturated heterocycles. The van der Waals surface area contributed by atoms with Crippen molar-refractivity contribution in [1.82, 2.24) is 4.98 Å². The number of rotatable bonds is 4. The fraction of sp³-hybridized carbons (Fsp3) is 0.455. The molecule has 1 aromatic rings. The quantitative estimate of drug-likeness (QED) is 0.696. The number of hydrogen-bond acceptors (Lipinski definition) is 4. The summed E-state index contributed by atoms with van der Waals surface area (Å²) >= 11 is 0. The summed E-state index contributed by atoms with van der Waals surface area (Å²) in [7, 11) is 0. The van der Waals surface area contributed by atoms with E-state index in [1.54, 1.807) is 12.3 Å². The highest BCUT2D eigenvalue weighted by molar-refractivity contribution is 5.98. The van der Waals surface area contributed by atoms with E-state index in [1.807, 2.05) is 20.8 Å². The lowest BCUT2D eigenvalue weighted by Crippen LogP contribution is -2.40. The number of hydrogen-bond donors (Lipinski definition) is 3. The van der Waals surface area contributed by atoms with Crippen molar-refractivity contribution in [2.45, 2.75) is 26.3 Å². The third-order valence-electron chi connectivity index (χ3n) is 2.12. The maximum Gasteiger partial charge on any atom is 0.252 e. The van der Waals surface area contributed by atoms with Crippen molar-refractivity contribution in [2.24, 2.45) is 11.5 Å². The van der Waals surface area contributed by atoms with Crippen molar-refractivity contribution < 1.29 is 4.79 Å². The van der Waals surface area contributed by atoms with Crippen LogP contribution in [-0.4, -0.2) is 23.0 Å². The second-order valence-corrected chi connectivity index (χ2v) is 4.56. The van der Waals surface area contributed by atoms with Crippen molar-refractivity contribution >= 4 is 11.7 Å². The number of amides is 1. The Morgan fingerprint density at radius 3 is 2.69 bits per heavy atom. The van der Waals surface area contributed by atoms with Crippen molar-refractivity contribution in [3.05, 3.63) is 23.4 Å². The summed E-state index contributed by atoms with van der Waals surface area (Å²) in [6, 6.07) is 1.75. The molecule has 16 heavy (non-hydrogen) atoms. The molecule has 88 valence electrons. The Balaban J connectivity index is 2.96. The number of carbonyl (C=O) groups is 1. The van der Waals surface area contributed by atoms with E-state index in [9.17, 15) is 4.79 Å². The van der Waals surface area contributed by atoms with Crippen LogP contribution in [0.3, 0.4) is 0 Å². The highest BCUT2D eigenvalue weighted by Gasteiger charge is 2.15. The molecule has 1 aromatic heterocycles. The first-order valence-electron chi connectivity index (χ1n) is 5.09. The van der Waals surface area contributed by atoms with E-state index in [0.29, 0.717) is 17.9 Å². The molecule has 0 aliphatic rings. The smallest absolute Gasteiger partial charge is 0.252 e. The number of nitrogens with two attached hydrogens (primary N) is 2. The highest BCUT2D eigenvalue weighted by atomic mass is 16.1. The van der Waals surface area contributed by atoms with Crippen LogP contribution < -0.4 is 16.8 Å². The van der Waals surface area contributed by atoms with Gasteiger partial charge in [-0.1, -0.05) is 0 Å². The van der Waals surface area contributed by atoms with Gasteiger partial charge < -0.3 is 16.8 Å². The van der Waals surface area contributed by atoms with E-state index in [0.717, 1.165) is 5.56 Å². The van der Waals surface area contributed by atoms with Crippen LogP contribution in [0.5, 0.6) is 0 Å². The maximum atomic E-state index is 11.3. The van der Waals surface area contributed by atoms with Gasteiger partial charge in [-0.2, -0.15) is 0 Å². The normalized spacial score (nSPS) is 11.2. The highest BCUT2D eigenvalue weighted by Crippen LogP contribution is 2.16. The Labute approximate surface area is 95.2 Å². The molecule has 0 aliphatic carbocycles. The Morgan fingerprint density at radius 2 is 2.19 bits per heavy atom. The van der Waals surface area contributed by atoms with Gasteiger partial charge in [-0.05, 0) is 32.4 Å². The molecule has 5 heteroatoms. The van der Waals surface area contributed by atoms with Crippen LogP contribution in [0.4, 0.5) is 5.82 Å². The van der Waals surface area contributed by atoms with E-state index < -0.39 is 5.91 Å². The number of pyridine rings is 1. The SMILES string of the molecule is Cc1ccnc(NCC(C)(C)N)c1C(N)=O. The second-order valence-electron chi connectivity index (χ2n) is 4.56. The van der Waals surface area contributed by atoms with Crippen LogP contribution in [-0.2, 0) is 0 Å². The third kappa shape index (κ3) is 3.20. The summed E-state index contributed by atoms with van der Waals surface area (Å²) in [5, 5.41) is 3.04. The van der Waals surface area contributed by atoms with Gasteiger partial charge in [-0.3, -0.25) is 4.79 Å². The van der Waals surface area contributed by atoms with Crippen LogP contribution in [0, 0.1) is 6.92 Å². The molecule has 0 radical (unpaired) electrons. The monoisotopic (exact) mass is 222 g/mol. The molecular formula is C11H18N4O. The van der Waals surface area contributed by atoms with Crippen molar-refractivity contribution in [1.29, 1.82) is 0 Å². The minimum atomic E-state index is -0.483. The van der Waals surface area contributed by atoms with Crippen LogP contribution in [0.2, 0.25) is 0 Å². The first kappa shape index (κ1) is 12.4. The molecule has 0 saturated carbocycles. The van der Waals surface area contributed by atoms with Gasteiger partial charge in [-0.15, -0.1) is 0 Å². The average Bonchev–Trinajstić information content (AvgIpc) is 2.12. The molecular weight excluding hydrogens is 204 g/mol. The molecule has 1 rings (SSSR count). The number of nitrogens with zero attached hydrogens (tertiary/aromatic N) is 1. The number of aryl methyl sites for hydroxylation is 1. The topological polar surface area (TPSA) is 94.0 Å². The zero-order chi connectivity index (χ0) is 12.3. The summed E-state index contributed by atoms with van der Waals surface area (Å²) < 4.78 is 0. The van der Waals surface area contributed by atoms with Gasteiger partial charge in [0, 0.05) is 18.3 Å². The van der Waals surface area contributed by atoms with E-state index in [2.05, 4.69) is 10.3 Å². The number of primary amides is 1. The number of aromatic nitrogens is 1. The molecule has 1 heterocycles. The summed E-state index contributed by atoms with van der Waals surface area (Å²) in [5.74, 6) is 0.00829. The van der Waals surface area contributed by atoms with Crippen molar-refractivity contribution in [3.8, 4) is 0 Å². The lowest BCUT2D eigenvalue weighted by molar-refractivity contribution is 0.1000. The van der Waals surface area contributed by atoms with Gasteiger partial charge in [-0.25, -0.2) is 4.98 Å². The average molecular weight is 222 g/mol. The summed E-state index contributed by atoms with van der Waals surface area (Å²) in [6.07, 6.45) is 1.63. The van der Waals surface area contributed by atoms with Gasteiger partial charge in [0.05, 0.1) is 5.56 Å². The second kappa shape index (κ2) is 4.49.